The maximum Gasteiger partial charge on any atom is 0.251 e. The monoisotopic (exact) mass is 377 g/mol. The number of piperidine rings is 1. The molecule has 3 rings (SSSR count). The molecular weight excluding hydrogens is 354 g/mol. The van der Waals surface area contributed by atoms with Crippen molar-refractivity contribution >= 4 is 15.9 Å². The van der Waals surface area contributed by atoms with Crippen molar-refractivity contribution in [2.75, 3.05) is 19.6 Å². The summed E-state index contributed by atoms with van der Waals surface area (Å²) in [4.78, 5) is 12.4. The molecule has 0 saturated carbocycles. The number of hydrogen-bond acceptors (Lipinski definition) is 5. The normalized spacial score (nSPS) is 15.7. The number of amides is 1. The molecule has 0 spiro atoms. The molecule has 140 valence electrons. The molecule has 0 aliphatic carbocycles. The third-order valence-electron chi connectivity index (χ3n) is 4.41. The van der Waals surface area contributed by atoms with E-state index in [1.165, 1.54) is 16.4 Å². The summed E-state index contributed by atoms with van der Waals surface area (Å²) in [5, 5.41) is 6.67. The summed E-state index contributed by atoms with van der Waals surface area (Å²) in [7, 11) is -3.47. The maximum absolute atomic E-state index is 12.6. The van der Waals surface area contributed by atoms with Crippen molar-refractivity contribution in [1.82, 2.24) is 14.8 Å². The number of aromatic nitrogens is 1. The molecular formula is C18H23N3O4S. The number of hydrogen-bond donors (Lipinski definition) is 1. The Morgan fingerprint density at radius 3 is 2.50 bits per heavy atom. The van der Waals surface area contributed by atoms with E-state index in [0.717, 1.165) is 30.7 Å². The highest BCUT2D eigenvalue weighted by Gasteiger charge is 2.25. The lowest BCUT2D eigenvalue weighted by Gasteiger charge is -2.25. The first-order chi connectivity index (χ1) is 12.5. The highest BCUT2D eigenvalue weighted by Crippen LogP contribution is 2.20. The Balaban J connectivity index is 1.58. The van der Waals surface area contributed by atoms with Crippen molar-refractivity contribution in [2.45, 2.75) is 37.5 Å². The van der Waals surface area contributed by atoms with Gasteiger partial charge in [0.2, 0.25) is 10.0 Å². The van der Waals surface area contributed by atoms with Crippen LogP contribution >= 0.6 is 0 Å². The van der Waals surface area contributed by atoms with Gasteiger partial charge in [0.1, 0.15) is 5.76 Å². The van der Waals surface area contributed by atoms with Gasteiger partial charge in [-0.1, -0.05) is 11.6 Å². The van der Waals surface area contributed by atoms with E-state index in [1.54, 1.807) is 12.1 Å². The molecule has 1 aromatic carbocycles. The number of aryl methyl sites for hydroxylation is 1. The van der Waals surface area contributed by atoms with Crippen LogP contribution in [0.25, 0.3) is 0 Å². The van der Waals surface area contributed by atoms with Crippen LogP contribution in [0.1, 0.15) is 41.1 Å². The molecule has 1 aliphatic rings. The van der Waals surface area contributed by atoms with E-state index in [1.807, 2.05) is 13.0 Å². The Labute approximate surface area is 153 Å². The summed E-state index contributed by atoms with van der Waals surface area (Å²) in [6.07, 6.45) is 3.43. The Morgan fingerprint density at radius 1 is 1.19 bits per heavy atom. The Bertz CT molecular complexity index is 853. The number of carbonyl (C=O) groups excluding carboxylic acids is 1. The Hall–Kier alpha value is -2.19. The molecule has 26 heavy (non-hydrogen) atoms. The van der Waals surface area contributed by atoms with Gasteiger partial charge in [-0.15, -0.1) is 0 Å². The minimum absolute atomic E-state index is 0.231. The van der Waals surface area contributed by atoms with Crippen LogP contribution in [-0.2, 0) is 16.4 Å². The molecule has 1 fully saturated rings. The largest absolute Gasteiger partial charge is 0.361 e. The first-order valence-corrected chi connectivity index (χ1v) is 10.2. The van der Waals surface area contributed by atoms with E-state index in [4.69, 9.17) is 4.52 Å². The molecule has 1 amide bonds. The van der Waals surface area contributed by atoms with E-state index >= 15 is 0 Å². The van der Waals surface area contributed by atoms with Crippen LogP contribution in [0.3, 0.4) is 0 Å². The van der Waals surface area contributed by atoms with Gasteiger partial charge >= 0.3 is 0 Å². The van der Waals surface area contributed by atoms with E-state index in [0.29, 0.717) is 31.6 Å². The van der Waals surface area contributed by atoms with Crippen molar-refractivity contribution in [3.05, 3.63) is 47.3 Å². The van der Waals surface area contributed by atoms with Crippen LogP contribution in [0, 0.1) is 6.92 Å². The topological polar surface area (TPSA) is 92.5 Å². The van der Waals surface area contributed by atoms with Crippen molar-refractivity contribution in [1.29, 1.82) is 0 Å². The standard InChI is InChI=1S/C18H23N3O4S/c1-14-13-16(20-25-14)9-10-19-18(22)15-5-7-17(8-6-15)26(23,24)21-11-3-2-4-12-21/h5-8,13H,2-4,9-12H2,1H3,(H,19,22). The molecule has 1 aromatic heterocycles. The van der Waals surface area contributed by atoms with E-state index in [2.05, 4.69) is 10.5 Å². The quantitative estimate of drug-likeness (QED) is 0.832. The first kappa shape index (κ1) is 18.6. The summed E-state index contributed by atoms with van der Waals surface area (Å²) in [6.45, 7) is 3.37. The lowest BCUT2D eigenvalue weighted by Crippen LogP contribution is -2.35. The van der Waals surface area contributed by atoms with Crippen molar-refractivity contribution in [3.8, 4) is 0 Å². The van der Waals surface area contributed by atoms with Gasteiger partial charge in [-0.3, -0.25) is 4.79 Å². The van der Waals surface area contributed by atoms with Gasteiger partial charge in [-0.05, 0) is 44.0 Å². The predicted octanol–water partition coefficient (Wildman–Crippen LogP) is 2.13. The van der Waals surface area contributed by atoms with E-state index in [9.17, 15) is 13.2 Å². The minimum Gasteiger partial charge on any atom is -0.361 e. The third-order valence-corrected chi connectivity index (χ3v) is 6.33. The lowest BCUT2D eigenvalue weighted by atomic mass is 10.2. The van der Waals surface area contributed by atoms with Crippen LogP contribution in [0.5, 0.6) is 0 Å². The molecule has 0 radical (unpaired) electrons. The average molecular weight is 377 g/mol. The second-order valence-corrected chi connectivity index (χ2v) is 8.36. The fourth-order valence-electron chi connectivity index (χ4n) is 2.97. The molecule has 1 saturated heterocycles. The molecule has 0 atom stereocenters. The van der Waals surface area contributed by atoms with Gasteiger partial charge < -0.3 is 9.84 Å². The third kappa shape index (κ3) is 4.31. The van der Waals surface area contributed by atoms with Gasteiger partial charge in [0, 0.05) is 37.7 Å². The second kappa shape index (κ2) is 8.01. The predicted molar refractivity (Wildman–Crippen MR) is 96.3 cm³/mol. The fourth-order valence-corrected chi connectivity index (χ4v) is 4.49. The molecule has 1 N–H and O–H groups in total. The number of nitrogens with zero attached hydrogens (tertiary/aromatic N) is 2. The summed E-state index contributed by atoms with van der Waals surface area (Å²) >= 11 is 0. The fraction of sp³-hybridized carbons (Fsp3) is 0.444. The van der Waals surface area contributed by atoms with Crippen LogP contribution in [-0.4, -0.2) is 43.4 Å². The van der Waals surface area contributed by atoms with Gasteiger partial charge in [0.15, 0.2) is 0 Å². The highest BCUT2D eigenvalue weighted by molar-refractivity contribution is 7.89. The van der Waals surface area contributed by atoms with Crippen LogP contribution in [0.4, 0.5) is 0 Å². The van der Waals surface area contributed by atoms with Crippen LogP contribution in [0.2, 0.25) is 0 Å². The number of benzene rings is 1. The molecule has 2 aromatic rings. The summed E-state index contributed by atoms with van der Waals surface area (Å²) in [6, 6.07) is 7.92. The molecule has 2 heterocycles. The summed E-state index contributed by atoms with van der Waals surface area (Å²) < 4.78 is 31.7. The number of nitrogens with one attached hydrogen (secondary N) is 1. The summed E-state index contributed by atoms with van der Waals surface area (Å²) in [5.74, 6) is 0.490. The van der Waals surface area contributed by atoms with Crippen molar-refractivity contribution in [2.24, 2.45) is 0 Å². The number of carbonyl (C=O) groups is 1. The molecule has 8 heteroatoms. The van der Waals surface area contributed by atoms with Gasteiger partial charge in [-0.25, -0.2) is 8.42 Å². The zero-order valence-electron chi connectivity index (χ0n) is 14.8. The van der Waals surface area contributed by atoms with E-state index < -0.39 is 10.0 Å². The second-order valence-electron chi connectivity index (χ2n) is 6.42. The lowest BCUT2D eigenvalue weighted by molar-refractivity contribution is 0.0954. The smallest absolute Gasteiger partial charge is 0.251 e. The summed E-state index contributed by atoms with van der Waals surface area (Å²) in [5.41, 5.74) is 1.21. The van der Waals surface area contributed by atoms with Crippen LogP contribution < -0.4 is 5.32 Å². The zero-order chi connectivity index (χ0) is 18.6. The van der Waals surface area contributed by atoms with Crippen molar-refractivity contribution in [3.63, 3.8) is 0 Å². The van der Waals surface area contributed by atoms with Gasteiger partial charge in [0.05, 0.1) is 10.6 Å². The van der Waals surface area contributed by atoms with Crippen LogP contribution in [0.15, 0.2) is 39.8 Å². The molecule has 1 aliphatic heterocycles. The van der Waals surface area contributed by atoms with Gasteiger partial charge in [0.25, 0.3) is 5.91 Å². The maximum atomic E-state index is 12.6. The van der Waals surface area contributed by atoms with Gasteiger partial charge in [-0.2, -0.15) is 4.31 Å². The average Bonchev–Trinajstić information content (AvgIpc) is 3.07. The molecule has 7 nitrogen and oxygen atoms in total. The highest BCUT2D eigenvalue weighted by atomic mass is 32.2. The molecule has 0 unspecified atom stereocenters. The SMILES string of the molecule is Cc1cc(CCNC(=O)c2ccc(S(=O)(=O)N3CCCCC3)cc2)no1. The number of rotatable bonds is 6. The zero-order valence-corrected chi connectivity index (χ0v) is 15.6. The van der Waals surface area contributed by atoms with E-state index in [-0.39, 0.29) is 10.8 Å². The minimum atomic E-state index is -3.47. The Morgan fingerprint density at radius 2 is 1.88 bits per heavy atom. The van der Waals surface area contributed by atoms with Crippen molar-refractivity contribution < 1.29 is 17.7 Å². The molecule has 0 bridgehead atoms. The Kier molecular flexibility index (Phi) is 5.73. The number of sulfonamides is 1. The first-order valence-electron chi connectivity index (χ1n) is 8.77.